The molecule has 0 aliphatic heterocycles. The zero-order valence-corrected chi connectivity index (χ0v) is 17.2. The largest absolute Gasteiger partial charge is 0.497 e. The van der Waals surface area contributed by atoms with Gasteiger partial charge in [-0.2, -0.15) is 18.2 Å². The van der Waals surface area contributed by atoms with E-state index in [-0.39, 0.29) is 12.1 Å². The molecule has 8 nitrogen and oxygen atoms in total. The lowest BCUT2D eigenvalue weighted by molar-refractivity contribution is -0.141. The minimum Gasteiger partial charge on any atom is -0.497 e. The third-order valence-corrected chi connectivity index (χ3v) is 4.63. The van der Waals surface area contributed by atoms with Crippen molar-refractivity contribution in [2.45, 2.75) is 31.9 Å². The van der Waals surface area contributed by atoms with Gasteiger partial charge in [-0.05, 0) is 49.2 Å². The summed E-state index contributed by atoms with van der Waals surface area (Å²) in [6, 6.07) is 8.81. The molecule has 0 radical (unpaired) electrons. The molecule has 11 heteroatoms. The number of carbonyl (C=O) groups is 1. The van der Waals surface area contributed by atoms with Gasteiger partial charge in [0.25, 0.3) is 11.5 Å². The number of benzene rings is 1. The number of amides is 1. The lowest BCUT2D eigenvalue weighted by Crippen LogP contribution is -2.31. The number of ether oxygens (including phenoxy) is 1. The summed E-state index contributed by atoms with van der Waals surface area (Å²) in [5, 5.41) is 6.49. The average Bonchev–Trinajstić information content (AvgIpc) is 3.24. The normalized spacial score (nSPS) is 11.4. The van der Waals surface area contributed by atoms with Gasteiger partial charge in [-0.25, -0.2) is 0 Å². The number of H-pyrrole nitrogens is 1. The van der Waals surface area contributed by atoms with E-state index in [4.69, 9.17) is 9.26 Å². The number of nitrogens with one attached hydrogen (secondary N) is 2. The highest BCUT2D eigenvalue weighted by Gasteiger charge is 2.32. The first-order chi connectivity index (χ1) is 15.3. The van der Waals surface area contributed by atoms with Crippen molar-refractivity contribution in [3.63, 3.8) is 0 Å². The van der Waals surface area contributed by atoms with E-state index < -0.39 is 23.3 Å². The minimum absolute atomic E-state index is 0.278. The Kier molecular flexibility index (Phi) is 7.29. The fourth-order valence-electron chi connectivity index (χ4n) is 2.91. The van der Waals surface area contributed by atoms with Crippen molar-refractivity contribution in [2.75, 3.05) is 13.7 Å². The summed E-state index contributed by atoms with van der Waals surface area (Å²) in [5.74, 6) is 0.987. The Hall–Kier alpha value is -3.63. The molecule has 0 saturated heterocycles. The molecule has 3 aromatic rings. The molecule has 32 heavy (non-hydrogen) atoms. The molecule has 1 amide bonds. The number of rotatable bonds is 9. The number of aryl methyl sites for hydroxylation is 1. The monoisotopic (exact) mass is 450 g/mol. The number of nitrogens with zero attached hydrogens (tertiary/aromatic N) is 2. The van der Waals surface area contributed by atoms with Gasteiger partial charge in [0, 0.05) is 18.5 Å². The number of hydrogen-bond donors (Lipinski definition) is 2. The fraction of sp³-hybridized carbons (Fsp3) is 0.333. The number of hydrogen-bond acceptors (Lipinski definition) is 6. The summed E-state index contributed by atoms with van der Waals surface area (Å²) in [7, 11) is 1.58. The standard InChI is InChI=1S/C21H21F3N4O4/c1-31-14-8-6-13(7-9-14)18-27-17(32-28-18)5-3-2-4-12-25-19(29)15-10-11-16(21(22,23)24)26-20(15)30/h6-11H,2-5,12H2,1H3,(H,25,29)(H,26,30). The Morgan fingerprint density at radius 3 is 2.53 bits per heavy atom. The summed E-state index contributed by atoms with van der Waals surface area (Å²) < 4.78 is 48.1. The van der Waals surface area contributed by atoms with E-state index in [1.807, 2.05) is 12.1 Å². The molecule has 2 N–H and O–H groups in total. The molecular formula is C21H21F3N4O4. The molecule has 0 saturated carbocycles. The van der Waals surface area contributed by atoms with E-state index in [1.165, 1.54) is 0 Å². The number of unbranched alkanes of at least 4 members (excludes halogenated alkanes) is 2. The van der Waals surface area contributed by atoms with Crippen LogP contribution < -0.4 is 15.6 Å². The molecule has 2 heterocycles. The molecule has 170 valence electrons. The van der Waals surface area contributed by atoms with Gasteiger partial charge in [-0.15, -0.1) is 0 Å². The zero-order chi connectivity index (χ0) is 23.1. The molecule has 0 aliphatic rings. The number of alkyl halides is 3. The first-order valence-electron chi connectivity index (χ1n) is 9.83. The van der Waals surface area contributed by atoms with Crippen LogP contribution in [0, 0.1) is 0 Å². The maximum atomic E-state index is 12.6. The Labute approximate surface area is 180 Å². The molecule has 0 fully saturated rings. The molecule has 0 spiro atoms. The number of methoxy groups -OCH3 is 1. The van der Waals surface area contributed by atoms with Gasteiger partial charge in [0.2, 0.25) is 11.7 Å². The number of carbonyl (C=O) groups excluding carboxylic acids is 1. The molecule has 0 unspecified atom stereocenters. The van der Waals surface area contributed by atoms with Gasteiger partial charge in [-0.1, -0.05) is 11.6 Å². The summed E-state index contributed by atoms with van der Waals surface area (Å²) in [4.78, 5) is 29.7. The molecule has 1 aromatic carbocycles. The number of pyridine rings is 1. The van der Waals surface area contributed by atoms with Crippen LogP contribution in [0.1, 0.15) is 41.2 Å². The minimum atomic E-state index is -4.68. The zero-order valence-electron chi connectivity index (χ0n) is 17.2. The summed E-state index contributed by atoms with van der Waals surface area (Å²) in [6.07, 6.45) is -2.02. The van der Waals surface area contributed by atoms with Crippen LogP contribution in [0.25, 0.3) is 11.4 Å². The summed E-state index contributed by atoms with van der Waals surface area (Å²) >= 11 is 0. The second-order valence-corrected chi connectivity index (χ2v) is 6.92. The average molecular weight is 450 g/mol. The highest BCUT2D eigenvalue weighted by Crippen LogP contribution is 2.26. The summed E-state index contributed by atoms with van der Waals surface area (Å²) in [6.45, 7) is 0.278. The molecule has 0 bridgehead atoms. The second kappa shape index (κ2) is 10.1. The molecule has 2 aromatic heterocycles. The van der Waals surface area contributed by atoms with Gasteiger partial charge in [0.1, 0.15) is 17.0 Å². The Morgan fingerprint density at radius 2 is 1.88 bits per heavy atom. The third-order valence-electron chi connectivity index (χ3n) is 4.63. The number of aromatic amines is 1. The SMILES string of the molecule is COc1ccc(-c2noc(CCCCCNC(=O)c3ccc(C(F)(F)F)[nH]c3=O)n2)cc1. The van der Waals surface area contributed by atoms with E-state index in [1.54, 1.807) is 24.2 Å². The van der Waals surface area contributed by atoms with Crippen LogP contribution in [0.2, 0.25) is 0 Å². The number of halogens is 3. The van der Waals surface area contributed by atoms with Crippen LogP contribution in [0.5, 0.6) is 5.75 Å². The maximum absolute atomic E-state index is 12.6. The van der Waals surface area contributed by atoms with E-state index >= 15 is 0 Å². The maximum Gasteiger partial charge on any atom is 0.431 e. The van der Waals surface area contributed by atoms with Gasteiger partial charge in [-0.3, -0.25) is 9.59 Å². The van der Waals surface area contributed by atoms with Gasteiger partial charge in [0.05, 0.1) is 7.11 Å². The topological polar surface area (TPSA) is 110 Å². The molecule has 0 aliphatic carbocycles. The van der Waals surface area contributed by atoms with Crippen molar-refractivity contribution in [3.05, 3.63) is 63.9 Å². The predicted molar refractivity (Wildman–Crippen MR) is 108 cm³/mol. The third kappa shape index (κ3) is 5.96. The van der Waals surface area contributed by atoms with Crippen molar-refractivity contribution in [3.8, 4) is 17.1 Å². The second-order valence-electron chi connectivity index (χ2n) is 6.92. The smallest absolute Gasteiger partial charge is 0.431 e. The lowest BCUT2D eigenvalue weighted by atomic mass is 10.2. The van der Waals surface area contributed by atoms with Crippen LogP contribution in [0.15, 0.2) is 45.7 Å². The van der Waals surface area contributed by atoms with E-state index in [9.17, 15) is 22.8 Å². The summed E-state index contributed by atoms with van der Waals surface area (Å²) in [5.41, 5.74) is -1.84. The van der Waals surface area contributed by atoms with Crippen molar-refractivity contribution in [1.82, 2.24) is 20.4 Å². The highest BCUT2D eigenvalue weighted by atomic mass is 19.4. The Balaban J connectivity index is 1.39. The highest BCUT2D eigenvalue weighted by molar-refractivity contribution is 5.93. The van der Waals surface area contributed by atoms with Crippen LogP contribution in [0.4, 0.5) is 13.2 Å². The lowest BCUT2D eigenvalue weighted by Gasteiger charge is -2.08. The Morgan fingerprint density at radius 1 is 1.12 bits per heavy atom. The predicted octanol–water partition coefficient (Wildman–Crippen LogP) is 3.60. The van der Waals surface area contributed by atoms with Crippen LogP contribution in [-0.2, 0) is 12.6 Å². The van der Waals surface area contributed by atoms with Crippen LogP contribution in [0.3, 0.4) is 0 Å². The molecular weight excluding hydrogens is 429 g/mol. The van der Waals surface area contributed by atoms with Gasteiger partial charge >= 0.3 is 6.18 Å². The number of aromatic nitrogens is 3. The van der Waals surface area contributed by atoms with Crippen molar-refractivity contribution in [2.24, 2.45) is 0 Å². The first-order valence-corrected chi connectivity index (χ1v) is 9.83. The van der Waals surface area contributed by atoms with E-state index in [2.05, 4.69) is 15.5 Å². The van der Waals surface area contributed by atoms with Crippen LogP contribution in [-0.4, -0.2) is 34.7 Å². The van der Waals surface area contributed by atoms with Crippen molar-refractivity contribution < 1.29 is 27.2 Å². The first kappa shape index (κ1) is 23.0. The molecule has 3 rings (SSSR count). The Bertz CT molecular complexity index is 1110. The van der Waals surface area contributed by atoms with Crippen molar-refractivity contribution in [1.29, 1.82) is 0 Å². The molecule has 0 atom stereocenters. The van der Waals surface area contributed by atoms with Crippen molar-refractivity contribution >= 4 is 5.91 Å². The fourth-order valence-corrected chi connectivity index (χ4v) is 2.91. The van der Waals surface area contributed by atoms with E-state index in [0.29, 0.717) is 30.6 Å². The van der Waals surface area contributed by atoms with Crippen LogP contribution >= 0.6 is 0 Å². The van der Waals surface area contributed by atoms with E-state index in [0.717, 1.165) is 30.2 Å². The van der Waals surface area contributed by atoms with Gasteiger partial charge < -0.3 is 19.6 Å². The van der Waals surface area contributed by atoms with Gasteiger partial charge in [0.15, 0.2) is 0 Å². The quantitative estimate of drug-likeness (QED) is 0.482.